The Morgan fingerprint density at radius 3 is 2.40 bits per heavy atom. The number of carboxylic acid groups (broad SMARTS) is 1. The molecule has 1 spiro atoms. The minimum Gasteiger partial charge on any atom is -0.478 e. The number of carbonyl (C=O) groups is 1. The van der Waals surface area contributed by atoms with Crippen molar-refractivity contribution in [3.8, 4) is 0 Å². The molecule has 2 aromatic rings. The smallest absolute Gasteiger partial charge is 0.328 e. The van der Waals surface area contributed by atoms with Crippen LogP contribution < -0.4 is 0 Å². The van der Waals surface area contributed by atoms with E-state index in [2.05, 4.69) is 12.1 Å². The van der Waals surface area contributed by atoms with Gasteiger partial charge in [-0.05, 0) is 52.8 Å². The van der Waals surface area contributed by atoms with Crippen LogP contribution in [-0.2, 0) is 10.2 Å². The van der Waals surface area contributed by atoms with Gasteiger partial charge in [-0.1, -0.05) is 55.3 Å². The Labute approximate surface area is 146 Å². The summed E-state index contributed by atoms with van der Waals surface area (Å²) in [5.74, 6) is -1.22. The van der Waals surface area contributed by atoms with E-state index in [-0.39, 0.29) is 11.2 Å². The summed E-state index contributed by atoms with van der Waals surface area (Å²) in [7, 11) is 0. The van der Waals surface area contributed by atoms with Crippen LogP contribution in [0, 0.1) is 5.82 Å². The predicted octanol–water partition coefficient (Wildman–Crippen LogP) is 5.09. The SMILES string of the molecule is O=C(O)/C=C/C1=C(c2ccc(F)cc2)c2ccccc2C12CCCC2. The minimum absolute atomic E-state index is 0.119. The Morgan fingerprint density at radius 2 is 1.72 bits per heavy atom. The number of allylic oxidation sites excluding steroid dienone is 2. The van der Waals surface area contributed by atoms with Gasteiger partial charge < -0.3 is 5.11 Å². The molecule has 1 saturated carbocycles. The molecule has 126 valence electrons. The minimum atomic E-state index is -0.949. The van der Waals surface area contributed by atoms with E-state index in [1.165, 1.54) is 23.8 Å². The molecule has 0 atom stereocenters. The van der Waals surface area contributed by atoms with Gasteiger partial charge in [-0.2, -0.15) is 0 Å². The van der Waals surface area contributed by atoms with Crippen molar-refractivity contribution in [3.63, 3.8) is 0 Å². The molecular formula is C22H19FO2. The van der Waals surface area contributed by atoms with Gasteiger partial charge in [0.25, 0.3) is 0 Å². The van der Waals surface area contributed by atoms with Crippen LogP contribution in [0.1, 0.15) is 42.4 Å². The van der Waals surface area contributed by atoms with Gasteiger partial charge in [0, 0.05) is 11.5 Å². The van der Waals surface area contributed by atoms with E-state index in [1.54, 1.807) is 18.2 Å². The fourth-order valence-electron chi connectivity index (χ4n) is 4.49. The maximum atomic E-state index is 13.4. The van der Waals surface area contributed by atoms with Crippen LogP contribution in [-0.4, -0.2) is 11.1 Å². The van der Waals surface area contributed by atoms with Crippen molar-refractivity contribution >= 4 is 11.5 Å². The second-order valence-electron chi connectivity index (χ2n) is 6.80. The average Bonchev–Trinajstić information content (AvgIpc) is 3.19. The van der Waals surface area contributed by atoms with Crippen molar-refractivity contribution in [2.75, 3.05) is 0 Å². The summed E-state index contributed by atoms with van der Waals surface area (Å²) in [4.78, 5) is 11.2. The van der Waals surface area contributed by atoms with Gasteiger partial charge in [0.15, 0.2) is 0 Å². The molecule has 0 aliphatic heterocycles. The molecule has 4 rings (SSSR count). The zero-order valence-electron chi connectivity index (χ0n) is 13.8. The third-order valence-corrected chi connectivity index (χ3v) is 5.48. The van der Waals surface area contributed by atoms with Crippen LogP contribution in [0.5, 0.6) is 0 Å². The second kappa shape index (κ2) is 5.99. The Hall–Kier alpha value is -2.68. The standard InChI is InChI=1S/C22H19FO2/c23-16-9-7-15(8-10-16)21-17-5-1-2-6-18(17)22(13-3-4-14-22)19(21)11-12-20(24)25/h1-2,5-12H,3-4,13-14H2,(H,24,25)/b12-11+. The highest BCUT2D eigenvalue weighted by atomic mass is 19.1. The van der Waals surface area contributed by atoms with Gasteiger partial charge in [0.2, 0.25) is 0 Å². The summed E-state index contributed by atoms with van der Waals surface area (Å²) in [5.41, 5.74) is 5.32. The van der Waals surface area contributed by atoms with Gasteiger partial charge in [-0.25, -0.2) is 9.18 Å². The molecule has 3 heteroatoms. The first-order chi connectivity index (χ1) is 12.1. The lowest BCUT2D eigenvalue weighted by Gasteiger charge is -2.27. The number of benzene rings is 2. The van der Waals surface area contributed by atoms with Crippen LogP contribution in [0.2, 0.25) is 0 Å². The number of halogens is 1. The van der Waals surface area contributed by atoms with E-state index in [1.807, 2.05) is 12.1 Å². The number of rotatable bonds is 3. The molecular weight excluding hydrogens is 315 g/mol. The van der Waals surface area contributed by atoms with E-state index in [0.717, 1.165) is 48.0 Å². The molecule has 0 amide bonds. The van der Waals surface area contributed by atoms with Crippen LogP contribution in [0.25, 0.3) is 5.57 Å². The van der Waals surface area contributed by atoms with E-state index in [0.29, 0.717) is 0 Å². The molecule has 2 aliphatic rings. The van der Waals surface area contributed by atoms with Crippen molar-refractivity contribution in [1.29, 1.82) is 0 Å². The van der Waals surface area contributed by atoms with E-state index >= 15 is 0 Å². The van der Waals surface area contributed by atoms with Crippen LogP contribution in [0.3, 0.4) is 0 Å². The average molecular weight is 334 g/mol. The molecule has 0 saturated heterocycles. The lowest BCUT2D eigenvalue weighted by molar-refractivity contribution is -0.131. The maximum absolute atomic E-state index is 13.4. The Bertz CT molecular complexity index is 884. The quantitative estimate of drug-likeness (QED) is 0.794. The molecule has 0 bridgehead atoms. The molecule has 0 unspecified atom stereocenters. The monoisotopic (exact) mass is 334 g/mol. The Balaban J connectivity index is 2.00. The number of carboxylic acids is 1. The van der Waals surface area contributed by atoms with Crippen molar-refractivity contribution in [1.82, 2.24) is 0 Å². The third-order valence-electron chi connectivity index (χ3n) is 5.48. The Morgan fingerprint density at radius 1 is 1.04 bits per heavy atom. The highest BCUT2D eigenvalue weighted by Crippen LogP contribution is 2.56. The summed E-state index contributed by atoms with van der Waals surface area (Å²) >= 11 is 0. The van der Waals surface area contributed by atoms with Crippen molar-refractivity contribution in [2.45, 2.75) is 31.1 Å². The van der Waals surface area contributed by atoms with E-state index in [9.17, 15) is 9.18 Å². The lowest BCUT2D eigenvalue weighted by atomic mass is 9.75. The molecule has 25 heavy (non-hydrogen) atoms. The molecule has 0 aromatic heterocycles. The van der Waals surface area contributed by atoms with Crippen LogP contribution in [0.15, 0.2) is 66.3 Å². The molecule has 1 N–H and O–H groups in total. The third kappa shape index (κ3) is 2.51. The normalized spacial score (nSPS) is 18.3. The fraction of sp³-hybridized carbons (Fsp3) is 0.227. The molecule has 0 heterocycles. The predicted molar refractivity (Wildman–Crippen MR) is 95.8 cm³/mol. The largest absolute Gasteiger partial charge is 0.478 e. The van der Waals surface area contributed by atoms with Crippen LogP contribution >= 0.6 is 0 Å². The first-order valence-electron chi connectivity index (χ1n) is 8.63. The number of fused-ring (bicyclic) bond motifs is 2. The van der Waals surface area contributed by atoms with Crippen LogP contribution in [0.4, 0.5) is 4.39 Å². The van der Waals surface area contributed by atoms with Crippen molar-refractivity contribution < 1.29 is 14.3 Å². The molecule has 2 aliphatic carbocycles. The highest BCUT2D eigenvalue weighted by molar-refractivity contribution is 5.93. The van der Waals surface area contributed by atoms with E-state index in [4.69, 9.17) is 5.11 Å². The van der Waals surface area contributed by atoms with E-state index < -0.39 is 5.97 Å². The summed E-state index contributed by atoms with van der Waals surface area (Å²) in [6, 6.07) is 14.8. The summed E-state index contributed by atoms with van der Waals surface area (Å²) in [5, 5.41) is 9.16. The second-order valence-corrected chi connectivity index (χ2v) is 6.80. The summed E-state index contributed by atoms with van der Waals surface area (Å²) in [6.45, 7) is 0. The van der Waals surface area contributed by atoms with Crippen molar-refractivity contribution in [3.05, 3.63) is 88.8 Å². The molecule has 2 aromatic carbocycles. The summed E-state index contributed by atoms with van der Waals surface area (Å²) in [6.07, 6.45) is 7.30. The van der Waals surface area contributed by atoms with Gasteiger partial charge in [-0.15, -0.1) is 0 Å². The number of aliphatic carboxylic acids is 1. The topological polar surface area (TPSA) is 37.3 Å². The van der Waals surface area contributed by atoms with Gasteiger partial charge in [0.05, 0.1) is 0 Å². The fourth-order valence-corrected chi connectivity index (χ4v) is 4.49. The maximum Gasteiger partial charge on any atom is 0.328 e. The highest BCUT2D eigenvalue weighted by Gasteiger charge is 2.45. The van der Waals surface area contributed by atoms with Gasteiger partial charge in [-0.3, -0.25) is 0 Å². The lowest BCUT2D eigenvalue weighted by Crippen LogP contribution is -2.21. The molecule has 0 radical (unpaired) electrons. The first-order valence-corrected chi connectivity index (χ1v) is 8.63. The van der Waals surface area contributed by atoms with Gasteiger partial charge in [0.1, 0.15) is 5.82 Å². The zero-order chi connectivity index (χ0) is 17.4. The molecule has 1 fully saturated rings. The van der Waals surface area contributed by atoms with Crippen molar-refractivity contribution in [2.24, 2.45) is 0 Å². The Kier molecular flexibility index (Phi) is 3.79. The van der Waals surface area contributed by atoms with Gasteiger partial charge >= 0.3 is 5.97 Å². The summed E-state index contributed by atoms with van der Waals surface area (Å²) < 4.78 is 13.4. The zero-order valence-corrected chi connectivity index (χ0v) is 13.8. The number of hydrogen-bond acceptors (Lipinski definition) is 1. The molecule has 2 nitrogen and oxygen atoms in total. The number of hydrogen-bond donors (Lipinski definition) is 1. The first kappa shape index (κ1) is 15.8.